The second kappa shape index (κ2) is 11.5. The number of aromatic nitrogens is 1. The maximum Gasteiger partial charge on any atom is 0.270 e. The van der Waals surface area contributed by atoms with Crippen LogP contribution in [0.1, 0.15) is 68.7 Å². The van der Waals surface area contributed by atoms with Crippen molar-refractivity contribution in [3.05, 3.63) is 62.8 Å². The molecule has 190 valence electrons. The minimum absolute atomic E-state index is 0.0709. The lowest BCUT2D eigenvalue weighted by Crippen LogP contribution is -2.46. The first-order chi connectivity index (χ1) is 17.4. The zero-order valence-corrected chi connectivity index (χ0v) is 21.6. The number of thiophene rings is 1. The molecule has 0 aliphatic heterocycles. The van der Waals surface area contributed by atoms with Gasteiger partial charge in [0.15, 0.2) is 5.69 Å². The first-order valence-electron chi connectivity index (χ1n) is 11.7. The minimum Gasteiger partial charge on any atom is -0.497 e. The fourth-order valence-electron chi connectivity index (χ4n) is 4.37. The van der Waals surface area contributed by atoms with E-state index in [0.717, 1.165) is 54.1 Å². The zero-order valence-electron chi connectivity index (χ0n) is 19.9. The smallest absolute Gasteiger partial charge is 0.270 e. The van der Waals surface area contributed by atoms with E-state index in [1.54, 1.807) is 19.2 Å². The minimum atomic E-state index is -0.889. The molecule has 36 heavy (non-hydrogen) atoms. The van der Waals surface area contributed by atoms with Crippen molar-refractivity contribution in [1.82, 2.24) is 14.6 Å². The van der Waals surface area contributed by atoms with Crippen LogP contribution in [0, 0.1) is 0 Å². The van der Waals surface area contributed by atoms with Gasteiger partial charge in [0.1, 0.15) is 16.7 Å². The highest BCUT2D eigenvalue weighted by Crippen LogP contribution is 2.33. The van der Waals surface area contributed by atoms with Crippen molar-refractivity contribution in [3.63, 3.8) is 0 Å². The number of nitrogens with one attached hydrogen (secondary N) is 1. The molecule has 2 aromatic heterocycles. The van der Waals surface area contributed by atoms with Crippen LogP contribution in [0.25, 0.3) is 0 Å². The van der Waals surface area contributed by atoms with Gasteiger partial charge in [0.2, 0.25) is 5.91 Å². The molecule has 1 aliphatic carbocycles. The summed E-state index contributed by atoms with van der Waals surface area (Å²) in [5, 5.41) is 5.05. The third-order valence-electron chi connectivity index (χ3n) is 6.25. The highest BCUT2D eigenvalue weighted by molar-refractivity contribution is 7.10. The van der Waals surface area contributed by atoms with Gasteiger partial charge in [-0.2, -0.15) is 4.37 Å². The molecule has 0 bridgehead atoms. The van der Waals surface area contributed by atoms with Crippen LogP contribution < -0.4 is 21.5 Å². The Labute approximate surface area is 217 Å². The Morgan fingerprint density at radius 2 is 1.89 bits per heavy atom. The van der Waals surface area contributed by atoms with Crippen molar-refractivity contribution in [3.8, 4) is 5.75 Å². The molecule has 0 saturated heterocycles. The van der Waals surface area contributed by atoms with E-state index in [2.05, 4.69) is 9.69 Å². The normalized spacial score (nSPS) is 14.7. The third kappa shape index (κ3) is 5.68. The molecular formula is C25H29N5O4S2. The lowest BCUT2D eigenvalue weighted by molar-refractivity contribution is -0.127. The highest BCUT2D eigenvalue weighted by Gasteiger charge is 2.36. The molecule has 3 amide bonds. The van der Waals surface area contributed by atoms with E-state index < -0.39 is 17.9 Å². The van der Waals surface area contributed by atoms with E-state index in [9.17, 15) is 14.4 Å². The van der Waals surface area contributed by atoms with E-state index in [4.69, 9.17) is 16.2 Å². The number of amides is 3. The van der Waals surface area contributed by atoms with Crippen molar-refractivity contribution in [2.75, 3.05) is 12.8 Å². The molecule has 1 fully saturated rings. The summed E-state index contributed by atoms with van der Waals surface area (Å²) in [6, 6.07) is 10.2. The summed E-state index contributed by atoms with van der Waals surface area (Å²) in [7, 11) is 1.58. The monoisotopic (exact) mass is 527 g/mol. The lowest BCUT2D eigenvalue weighted by Gasteiger charge is -2.32. The van der Waals surface area contributed by atoms with E-state index in [1.165, 1.54) is 16.2 Å². The second-order valence-electron chi connectivity index (χ2n) is 8.68. The fraction of sp³-hybridized carbons (Fsp3) is 0.360. The molecule has 3 aromatic rings. The fourth-order valence-corrected chi connectivity index (χ4v) is 5.96. The van der Waals surface area contributed by atoms with Crippen molar-refractivity contribution >= 4 is 46.3 Å². The SMILES string of the molecule is COc1ccc(CN(C(=O)c2snc(C(N)=O)c2N)C(C(=O)NC2CCCCC2)c2cccs2)cc1. The number of nitrogens with two attached hydrogens (primary N) is 2. The van der Waals surface area contributed by atoms with E-state index >= 15 is 0 Å². The Morgan fingerprint density at radius 1 is 1.17 bits per heavy atom. The molecule has 1 unspecified atom stereocenters. The molecule has 1 atom stereocenters. The number of rotatable bonds is 9. The van der Waals surface area contributed by atoms with Gasteiger partial charge < -0.3 is 26.4 Å². The van der Waals surface area contributed by atoms with Gasteiger partial charge in [0.05, 0.1) is 12.8 Å². The molecule has 0 spiro atoms. The van der Waals surface area contributed by atoms with Crippen LogP contribution in [0.5, 0.6) is 5.75 Å². The van der Waals surface area contributed by atoms with Crippen molar-refractivity contribution in [1.29, 1.82) is 0 Å². The number of anilines is 1. The number of benzene rings is 1. The first kappa shape index (κ1) is 25.6. The number of carbonyl (C=O) groups is 3. The largest absolute Gasteiger partial charge is 0.497 e. The Balaban J connectivity index is 1.73. The van der Waals surface area contributed by atoms with Gasteiger partial charge in [-0.15, -0.1) is 11.3 Å². The summed E-state index contributed by atoms with van der Waals surface area (Å²) in [6.07, 6.45) is 5.13. The predicted octanol–water partition coefficient (Wildman–Crippen LogP) is 3.73. The van der Waals surface area contributed by atoms with Gasteiger partial charge in [-0.1, -0.05) is 37.5 Å². The molecule has 1 aliphatic rings. The van der Waals surface area contributed by atoms with Gasteiger partial charge in [-0.05, 0) is 53.5 Å². The summed E-state index contributed by atoms with van der Waals surface area (Å²) in [5.74, 6) is -0.872. The summed E-state index contributed by atoms with van der Waals surface area (Å²) < 4.78 is 9.24. The first-order valence-corrected chi connectivity index (χ1v) is 13.4. The molecule has 1 aromatic carbocycles. The summed E-state index contributed by atoms with van der Waals surface area (Å²) in [6.45, 7) is 0.132. The standard InChI is InChI=1S/C25H29N5O4S2/c1-34-17-11-9-15(10-12-17)14-30(25(33)22-19(26)20(23(27)31)29-36-22)21(18-8-5-13-35-18)24(32)28-16-6-3-2-4-7-16/h5,8-13,16,21H,2-4,6-7,14,26H2,1H3,(H2,27,31)(H,28,32). The maximum absolute atomic E-state index is 13.9. The topological polar surface area (TPSA) is 141 Å². The van der Waals surface area contributed by atoms with E-state index in [-0.39, 0.29) is 34.8 Å². The van der Waals surface area contributed by atoms with E-state index in [1.807, 2.05) is 29.6 Å². The van der Waals surface area contributed by atoms with Gasteiger partial charge >= 0.3 is 0 Å². The van der Waals surface area contributed by atoms with Crippen LogP contribution >= 0.6 is 22.9 Å². The van der Waals surface area contributed by atoms with Gasteiger partial charge in [-0.25, -0.2) is 0 Å². The zero-order chi connectivity index (χ0) is 25.7. The average molecular weight is 528 g/mol. The summed E-state index contributed by atoms with van der Waals surface area (Å²) >= 11 is 2.21. The molecular weight excluding hydrogens is 498 g/mol. The molecule has 1 saturated carbocycles. The number of nitrogen functional groups attached to an aromatic ring is 1. The number of hydrogen-bond acceptors (Lipinski definition) is 8. The number of nitrogens with zero attached hydrogens (tertiary/aromatic N) is 2. The summed E-state index contributed by atoms with van der Waals surface area (Å²) in [5.41, 5.74) is 12.1. The molecule has 4 rings (SSSR count). The van der Waals surface area contributed by atoms with Crippen LogP contribution in [-0.4, -0.2) is 40.1 Å². The van der Waals surface area contributed by atoms with E-state index in [0.29, 0.717) is 5.75 Å². The van der Waals surface area contributed by atoms with Gasteiger partial charge in [-0.3, -0.25) is 14.4 Å². The Hall–Kier alpha value is -3.44. The molecule has 0 radical (unpaired) electrons. The molecule has 11 heteroatoms. The predicted molar refractivity (Wildman–Crippen MR) is 140 cm³/mol. The number of primary amides is 1. The van der Waals surface area contributed by atoms with Gasteiger partial charge in [0.25, 0.3) is 11.8 Å². The van der Waals surface area contributed by atoms with Crippen LogP contribution in [0.4, 0.5) is 5.69 Å². The Bertz CT molecular complexity index is 1200. The summed E-state index contributed by atoms with van der Waals surface area (Å²) in [4.78, 5) is 41.7. The number of ether oxygens (including phenoxy) is 1. The Morgan fingerprint density at radius 3 is 2.47 bits per heavy atom. The molecule has 9 nitrogen and oxygen atoms in total. The lowest BCUT2D eigenvalue weighted by atomic mass is 9.95. The number of methoxy groups -OCH3 is 1. The average Bonchev–Trinajstić information content (AvgIpc) is 3.54. The Kier molecular flexibility index (Phi) is 8.21. The quantitative estimate of drug-likeness (QED) is 0.387. The van der Waals surface area contributed by atoms with Crippen LogP contribution in [0.2, 0.25) is 0 Å². The van der Waals surface area contributed by atoms with Crippen LogP contribution in [0.3, 0.4) is 0 Å². The third-order valence-corrected chi connectivity index (χ3v) is 8.03. The molecule has 2 heterocycles. The van der Waals surface area contributed by atoms with Gasteiger partial charge in [0, 0.05) is 17.5 Å². The number of carbonyl (C=O) groups excluding carboxylic acids is 3. The number of hydrogen-bond donors (Lipinski definition) is 3. The van der Waals surface area contributed by atoms with Crippen molar-refractivity contribution < 1.29 is 19.1 Å². The van der Waals surface area contributed by atoms with Crippen LogP contribution in [-0.2, 0) is 11.3 Å². The van der Waals surface area contributed by atoms with Crippen molar-refractivity contribution in [2.24, 2.45) is 5.73 Å². The molecule has 5 N–H and O–H groups in total. The second-order valence-corrected chi connectivity index (χ2v) is 10.4. The van der Waals surface area contributed by atoms with Crippen LogP contribution in [0.15, 0.2) is 41.8 Å². The van der Waals surface area contributed by atoms with Crippen molar-refractivity contribution in [2.45, 2.75) is 50.7 Å². The highest BCUT2D eigenvalue weighted by atomic mass is 32.1. The maximum atomic E-state index is 13.9.